The van der Waals surface area contributed by atoms with Crippen LogP contribution in [0.2, 0.25) is 0 Å². The van der Waals surface area contributed by atoms with Gasteiger partial charge in [-0.05, 0) is 42.3 Å². The van der Waals surface area contributed by atoms with Gasteiger partial charge >= 0.3 is 0 Å². The van der Waals surface area contributed by atoms with Crippen molar-refractivity contribution in [3.8, 4) is 0 Å². The maximum Gasteiger partial charge on any atom is 0.263 e. The van der Waals surface area contributed by atoms with Gasteiger partial charge in [0.25, 0.3) is 5.91 Å². The molecule has 1 aliphatic heterocycles. The Labute approximate surface area is 154 Å². The van der Waals surface area contributed by atoms with E-state index in [1.807, 2.05) is 29.3 Å². The van der Waals surface area contributed by atoms with Gasteiger partial charge < -0.3 is 9.80 Å². The normalized spacial score (nSPS) is 20.6. The van der Waals surface area contributed by atoms with Crippen molar-refractivity contribution >= 4 is 46.2 Å². The van der Waals surface area contributed by atoms with Gasteiger partial charge in [-0.25, -0.2) is 0 Å². The molecule has 0 unspecified atom stereocenters. The second-order valence-electron chi connectivity index (χ2n) is 5.83. The third-order valence-corrected chi connectivity index (χ3v) is 7.56. The number of rotatable bonds is 5. The second-order valence-corrected chi connectivity index (χ2v) is 9.16. The lowest BCUT2D eigenvalue weighted by atomic mass is 10.2. The molecule has 0 spiro atoms. The molecule has 128 valence electrons. The van der Waals surface area contributed by atoms with Crippen molar-refractivity contribution in [2.24, 2.45) is 0 Å². The molecule has 1 aliphatic rings. The number of thioether (sulfide) groups is 1. The minimum atomic E-state index is -0.0326. The zero-order valence-electron chi connectivity index (χ0n) is 13.9. The maximum absolute atomic E-state index is 12.5. The van der Waals surface area contributed by atoms with Crippen molar-refractivity contribution in [1.29, 1.82) is 0 Å². The molecule has 7 heteroatoms. The average molecular weight is 381 g/mol. The number of carbonyl (C=O) groups is 2. The molecule has 0 aromatic carbocycles. The summed E-state index contributed by atoms with van der Waals surface area (Å²) >= 11 is 4.84. The molecule has 24 heavy (non-hydrogen) atoms. The summed E-state index contributed by atoms with van der Waals surface area (Å²) in [5.74, 6) is 0.177. The minimum absolute atomic E-state index is 0.0150. The Morgan fingerprint density at radius 1 is 1.29 bits per heavy atom. The summed E-state index contributed by atoms with van der Waals surface area (Å²) in [6, 6.07) is 5.81. The van der Waals surface area contributed by atoms with Crippen LogP contribution in [0.25, 0.3) is 0 Å². The fourth-order valence-corrected chi connectivity index (χ4v) is 5.96. The zero-order chi connectivity index (χ0) is 17.3. The Morgan fingerprint density at radius 2 is 2.08 bits per heavy atom. The number of amides is 2. The molecule has 4 nitrogen and oxygen atoms in total. The van der Waals surface area contributed by atoms with Crippen molar-refractivity contribution in [1.82, 2.24) is 9.80 Å². The van der Waals surface area contributed by atoms with Gasteiger partial charge in [-0.15, -0.1) is 34.4 Å². The van der Waals surface area contributed by atoms with Crippen LogP contribution in [0.3, 0.4) is 0 Å². The lowest BCUT2D eigenvalue weighted by molar-refractivity contribution is -0.129. The van der Waals surface area contributed by atoms with Crippen LogP contribution in [-0.2, 0) is 4.79 Å². The summed E-state index contributed by atoms with van der Waals surface area (Å²) in [6.45, 7) is 5.15. The number of hydrogen-bond acceptors (Lipinski definition) is 5. The van der Waals surface area contributed by atoms with Crippen molar-refractivity contribution in [2.75, 3.05) is 20.1 Å². The summed E-state index contributed by atoms with van der Waals surface area (Å²) in [5, 5.41) is 4.01. The summed E-state index contributed by atoms with van der Waals surface area (Å²) in [6.07, 6.45) is 0. The molecule has 0 N–H and O–H groups in total. The van der Waals surface area contributed by atoms with E-state index in [0.717, 1.165) is 4.88 Å². The van der Waals surface area contributed by atoms with Crippen LogP contribution in [0.4, 0.5) is 0 Å². The highest BCUT2D eigenvalue weighted by Gasteiger charge is 2.39. The molecule has 3 rings (SSSR count). The van der Waals surface area contributed by atoms with Crippen LogP contribution in [0.15, 0.2) is 29.0 Å². The molecule has 0 aliphatic carbocycles. The SMILES string of the molecule is Cc1ccsc1[C@@H]1S[C@H](C)C(=O)N1CCN(C)C(=O)c1cccs1. The molecule has 1 fully saturated rings. The van der Waals surface area contributed by atoms with Gasteiger partial charge in [0, 0.05) is 25.0 Å². The van der Waals surface area contributed by atoms with Crippen molar-refractivity contribution in [3.05, 3.63) is 44.3 Å². The van der Waals surface area contributed by atoms with Crippen LogP contribution in [0.1, 0.15) is 32.4 Å². The fourth-order valence-electron chi connectivity index (χ4n) is 2.69. The van der Waals surface area contributed by atoms with Crippen LogP contribution in [0.5, 0.6) is 0 Å². The highest BCUT2D eigenvalue weighted by molar-refractivity contribution is 8.01. The largest absolute Gasteiger partial charge is 0.339 e. The molecule has 0 saturated carbocycles. The highest BCUT2D eigenvalue weighted by atomic mass is 32.2. The number of carbonyl (C=O) groups excluding carboxylic acids is 2. The highest BCUT2D eigenvalue weighted by Crippen LogP contribution is 2.45. The summed E-state index contributed by atoms with van der Waals surface area (Å²) < 4.78 is 0. The third kappa shape index (κ3) is 3.38. The van der Waals surface area contributed by atoms with E-state index < -0.39 is 0 Å². The number of thiophene rings is 2. The molecule has 2 aromatic rings. The van der Waals surface area contributed by atoms with Crippen LogP contribution < -0.4 is 0 Å². The topological polar surface area (TPSA) is 40.6 Å². The Bertz CT molecular complexity index is 726. The molecule has 3 heterocycles. The Hall–Kier alpha value is -1.31. The molecule has 2 amide bonds. The quantitative estimate of drug-likeness (QED) is 0.791. The van der Waals surface area contributed by atoms with E-state index in [9.17, 15) is 9.59 Å². The minimum Gasteiger partial charge on any atom is -0.339 e. The lowest BCUT2D eigenvalue weighted by Crippen LogP contribution is -2.38. The monoisotopic (exact) mass is 380 g/mol. The van der Waals surface area contributed by atoms with E-state index in [4.69, 9.17) is 0 Å². The van der Waals surface area contributed by atoms with Crippen LogP contribution >= 0.6 is 34.4 Å². The van der Waals surface area contributed by atoms with E-state index in [1.165, 1.54) is 21.8 Å². The molecule has 0 bridgehead atoms. The Kier molecular flexibility index (Phi) is 5.32. The standard InChI is InChI=1S/C17H20N2O2S3/c1-11-6-10-23-14(11)17-19(15(20)12(2)24-17)8-7-18(3)16(21)13-5-4-9-22-13/h4-6,9-10,12,17H,7-8H2,1-3H3/t12-,17+/m1/s1. The lowest BCUT2D eigenvalue weighted by Gasteiger charge is -2.26. The molecule has 2 atom stereocenters. The molecule has 2 aromatic heterocycles. The third-order valence-electron chi connectivity index (χ3n) is 4.13. The predicted octanol–water partition coefficient (Wildman–Crippen LogP) is 3.85. The number of likely N-dealkylation sites (N-methyl/N-ethyl adjacent to an activating group) is 1. The first-order chi connectivity index (χ1) is 11.5. The van der Waals surface area contributed by atoms with E-state index in [2.05, 4.69) is 18.4 Å². The number of nitrogens with zero attached hydrogens (tertiary/aromatic N) is 2. The van der Waals surface area contributed by atoms with Gasteiger partial charge in [0.15, 0.2) is 0 Å². The first kappa shape index (κ1) is 17.5. The number of hydrogen-bond donors (Lipinski definition) is 0. The van der Waals surface area contributed by atoms with E-state index in [1.54, 1.807) is 35.0 Å². The van der Waals surface area contributed by atoms with Crippen molar-refractivity contribution < 1.29 is 9.59 Å². The van der Waals surface area contributed by atoms with Crippen LogP contribution in [-0.4, -0.2) is 47.0 Å². The maximum atomic E-state index is 12.5. The van der Waals surface area contributed by atoms with E-state index >= 15 is 0 Å². The van der Waals surface area contributed by atoms with Crippen LogP contribution in [0, 0.1) is 6.92 Å². The van der Waals surface area contributed by atoms with Gasteiger partial charge in [-0.1, -0.05) is 6.07 Å². The first-order valence-corrected chi connectivity index (χ1v) is 10.5. The Morgan fingerprint density at radius 3 is 2.71 bits per heavy atom. The number of aryl methyl sites for hydroxylation is 1. The summed E-state index contributed by atoms with van der Waals surface area (Å²) in [4.78, 5) is 30.5. The Balaban J connectivity index is 1.69. The zero-order valence-corrected chi connectivity index (χ0v) is 16.3. The van der Waals surface area contributed by atoms with Gasteiger partial charge in [0.05, 0.1) is 10.1 Å². The van der Waals surface area contributed by atoms with E-state index in [-0.39, 0.29) is 22.4 Å². The summed E-state index contributed by atoms with van der Waals surface area (Å²) in [5.41, 5.74) is 1.23. The first-order valence-electron chi connectivity index (χ1n) is 7.78. The smallest absolute Gasteiger partial charge is 0.263 e. The molecule has 0 radical (unpaired) electrons. The van der Waals surface area contributed by atoms with Crippen molar-refractivity contribution in [2.45, 2.75) is 24.5 Å². The van der Waals surface area contributed by atoms with Gasteiger partial charge in [-0.2, -0.15) is 0 Å². The predicted molar refractivity (Wildman–Crippen MR) is 102 cm³/mol. The fraction of sp³-hybridized carbons (Fsp3) is 0.412. The van der Waals surface area contributed by atoms with Gasteiger partial charge in [-0.3, -0.25) is 9.59 Å². The second kappa shape index (κ2) is 7.29. The molecular formula is C17H20N2O2S3. The van der Waals surface area contributed by atoms with Crippen molar-refractivity contribution in [3.63, 3.8) is 0 Å². The summed E-state index contributed by atoms with van der Waals surface area (Å²) in [7, 11) is 1.80. The van der Waals surface area contributed by atoms with E-state index in [0.29, 0.717) is 13.1 Å². The molecular weight excluding hydrogens is 360 g/mol. The average Bonchev–Trinajstić information content (AvgIpc) is 3.28. The molecule has 1 saturated heterocycles. The van der Waals surface area contributed by atoms with Gasteiger partial charge in [0.1, 0.15) is 5.37 Å². The van der Waals surface area contributed by atoms with Gasteiger partial charge in [0.2, 0.25) is 5.91 Å².